The molecule has 0 aliphatic carbocycles. The molecule has 0 aliphatic heterocycles. The average molecular weight is 258 g/mol. The lowest BCUT2D eigenvalue weighted by Gasteiger charge is -2.07. The van der Waals surface area contributed by atoms with Gasteiger partial charge in [-0.2, -0.15) is 5.26 Å². The van der Waals surface area contributed by atoms with E-state index < -0.39 is 41.6 Å². The van der Waals surface area contributed by atoms with Crippen molar-refractivity contribution in [1.82, 2.24) is 4.98 Å². The minimum atomic E-state index is -2.95. The molecule has 1 aromatic rings. The minimum Gasteiger partial charge on any atom is -0.466 e. The summed E-state index contributed by atoms with van der Waals surface area (Å²) >= 11 is 0. The van der Waals surface area contributed by atoms with Gasteiger partial charge in [0.2, 0.25) is 0 Å². The number of nitrogens with zero attached hydrogens (tertiary/aromatic N) is 2. The fourth-order valence-corrected chi connectivity index (χ4v) is 1.26. The third kappa shape index (κ3) is 3.20. The number of ether oxygens (including phenoxy) is 1. The van der Waals surface area contributed by atoms with Crippen LogP contribution in [0.4, 0.5) is 13.2 Å². The van der Waals surface area contributed by atoms with Gasteiger partial charge in [0.25, 0.3) is 6.43 Å². The number of nitriles is 1. The molecule has 0 saturated heterocycles. The summed E-state index contributed by atoms with van der Waals surface area (Å²) in [5.41, 5.74) is -1.82. The van der Waals surface area contributed by atoms with Crippen LogP contribution in [0, 0.1) is 17.1 Å². The maximum atomic E-state index is 13.6. The number of carbonyl (C=O) groups excluding carboxylic acids is 1. The summed E-state index contributed by atoms with van der Waals surface area (Å²) in [6.45, 7) is 1.64. The van der Waals surface area contributed by atoms with Gasteiger partial charge in [0, 0.05) is 0 Å². The Hall–Kier alpha value is -2.10. The van der Waals surface area contributed by atoms with Gasteiger partial charge in [0.05, 0.1) is 24.3 Å². The summed E-state index contributed by atoms with van der Waals surface area (Å²) < 4.78 is 43.1. The van der Waals surface area contributed by atoms with Crippen molar-refractivity contribution < 1.29 is 22.7 Å². The van der Waals surface area contributed by atoms with Crippen LogP contribution in [-0.2, 0) is 16.0 Å². The van der Waals surface area contributed by atoms with E-state index in [9.17, 15) is 18.0 Å². The molecule has 0 spiro atoms. The highest BCUT2D eigenvalue weighted by Gasteiger charge is 2.19. The number of carbonyl (C=O) groups is 1. The van der Waals surface area contributed by atoms with Gasteiger partial charge in [-0.25, -0.2) is 18.2 Å². The number of hydrogen-bond acceptors (Lipinski definition) is 4. The van der Waals surface area contributed by atoms with Gasteiger partial charge in [-0.3, -0.25) is 4.79 Å². The van der Waals surface area contributed by atoms with E-state index in [0.29, 0.717) is 6.07 Å². The standard InChI is InChI=1S/C11H9F3N2O2/c1-2-18-9(17)4-7-10(12)6(5-15)3-8(16-7)11(13)14/h3,11H,2,4H2,1H3. The lowest BCUT2D eigenvalue weighted by Crippen LogP contribution is -2.12. The molecule has 0 fully saturated rings. The van der Waals surface area contributed by atoms with E-state index in [0.717, 1.165) is 0 Å². The molecule has 0 atom stereocenters. The molecule has 4 nitrogen and oxygen atoms in total. The zero-order valence-electron chi connectivity index (χ0n) is 9.41. The maximum Gasteiger partial charge on any atom is 0.311 e. The fraction of sp³-hybridized carbons (Fsp3) is 0.364. The van der Waals surface area contributed by atoms with Crippen LogP contribution in [-0.4, -0.2) is 17.6 Å². The Morgan fingerprint density at radius 3 is 2.78 bits per heavy atom. The smallest absolute Gasteiger partial charge is 0.311 e. The molecular formula is C11H9F3N2O2. The van der Waals surface area contributed by atoms with Crippen LogP contribution in [0.5, 0.6) is 0 Å². The Morgan fingerprint density at radius 1 is 1.61 bits per heavy atom. The van der Waals surface area contributed by atoms with E-state index in [1.54, 1.807) is 6.92 Å². The Morgan fingerprint density at radius 2 is 2.28 bits per heavy atom. The summed E-state index contributed by atoms with van der Waals surface area (Å²) in [4.78, 5) is 14.5. The molecule has 7 heteroatoms. The Balaban J connectivity index is 3.14. The summed E-state index contributed by atoms with van der Waals surface area (Å²) in [5, 5.41) is 8.61. The zero-order chi connectivity index (χ0) is 13.7. The molecule has 0 saturated carbocycles. The third-order valence-electron chi connectivity index (χ3n) is 2.01. The number of aromatic nitrogens is 1. The Kier molecular flexibility index (Phi) is 4.66. The van der Waals surface area contributed by atoms with Gasteiger partial charge < -0.3 is 4.74 Å². The van der Waals surface area contributed by atoms with Crippen LogP contribution in [0.2, 0.25) is 0 Å². The highest BCUT2D eigenvalue weighted by atomic mass is 19.3. The molecule has 18 heavy (non-hydrogen) atoms. The second-order valence-electron chi connectivity index (χ2n) is 3.25. The van der Waals surface area contributed by atoms with Gasteiger partial charge in [0.1, 0.15) is 11.8 Å². The second-order valence-corrected chi connectivity index (χ2v) is 3.25. The van der Waals surface area contributed by atoms with E-state index >= 15 is 0 Å². The lowest BCUT2D eigenvalue weighted by atomic mass is 10.1. The molecule has 1 aromatic heterocycles. The molecule has 1 heterocycles. The predicted octanol–water partition coefficient (Wildman–Crippen LogP) is 2.14. The Bertz CT molecular complexity index is 498. The normalized spacial score (nSPS) is 10.2. The molecule has 0 aliphatic rings. The van der Waals surface area contributed by atoms with Crippen molar-refractivity contribution >= 4 is 5.97 Å². The third-order valence-corrected chi connectivity index (χ3v) is 2.01. The average Bonchev–Trinajstić information content (AvgIpc) is 2.31. The quantitative estimate of drug-likeness (QED) is 0.776. The molecule has 0 bridgehead atoms. The van der Waals surface area contributed by atoms with E-state index in [1.807, 2.05) is 0 Å². The Labute approximate surface area is 101 Å². The van der Waals surface area contributed by atoms with Gasteiger partial charge in [-0.15, -0.1) is 0 Å². The van der Waals surface area contributed by atoms with Gasteiger partial charge in [0.15, 0.2) is 5.82 Å². The van der Waals surface area contributed by atoms with Crippen LogP contribution < -0.4 is 0 Å². The number of hydrogen-bond donors (Lipinski definition) is 0. The van der Waals surface area contributed by atoms with Crippen molar-refractivity contribution in [3.05, 3.63) is 28.8 Å². The number of halogens is 3. The van der Waals surface area contributed by atoms with Gasteiger partial charge in [-0.05, 0) is 13.0 Å². The molecule has 0 amide bonds. The first-order valence-electron chi connectivity index (χ1n) is 5.02. The summed E-state index contributed by atoms with van der Waals surface area (Å²) in [5.74, 6) is -1.87. The predicted molar refractivity (Wildman–Crippen MR) is 54.2 cm³/mol. The van der Waals surface area contributed by atoms with Crippen LogP contribution in [0.1, 0.15) is 30.3 Å². The van der Waals surface area contributed by atoms with Crippen LogP contribution in [0.3, 0.4) is 0 Å². The lowest BCUT2D eigenvalue weighted by molar-refractivity contribution is -0.142. The van der Waals surface area contributed by atoms with Crippen LogP contribution in [0.25, 0.3) is 0 Å². The van der Waals surface area contributed by atoms with Crippen molar-refractivity contribution in [2.45, 2.75) is 19.8 Å². The van der Waals surface area contributed by atoms with Crippen molar-refractivity contribution in [2.75, 3.05) is 6.61 Å². The van der Waals surface area contributed by atoms with E-state index in [2.05, 4.69) is 9.72 Å². The zero-order valence-corrected chi connectivity index (χ0v) is 9.41. The van der Waals surface area contributed by atoms with Crippen molar-refractivity contribution in [3.63, 3.8) is 0 Å². The van der Waals surface area contributed by atoms with E-state index in [1.165, 1.54) is 6.07 Å². The molecule has 96 valence electrons. The molecule has 1 rings (SSSR count). The SMILES string of the molecule is CCOC(=O)Cc1nc(C(F)F)cc(C#N)c1F. The topological polar surface area (TPSA) is 63.0 Å². The molecule has 0 radical (unpaired) electrons. The summed E-state index contributed by atoms with van der Waals surface area (Å²) in [6.07, 6.45) is -3.53. The van der Waals surface area contributed by atoms with Crippen LogP contribution in [0.15, 0.2) is 6.07 Å². The molecule has 0 unspecified atom stereocenters. The maximum absolute atomic E-state index is 13.6. The molecule has 0 N–H and O–H groups in total. The van der Waals surface area contributed by atoms with Crippen molar-refractivity contribution in [3.8, 4) is 6.07 Å². The molecule has 0 aromatic carbocycles. The first-order valence-corrected chi connectivity index (χ1v) is 5.02. The minimum absolute atomic E-state index is 0.0834. The summed E-state index contributed by atoms with van der Waals surface area (Å²) in [6, 6.07) is 2.10. The van der Waals surface area contributed by atoms with Gasteiger partial charge >= 0.3 is 5.97 Å². The van der Waals surface area contributed by atoms with Crippen molar-refractivity contribution in [1.29, 1.82) is 5.26 Å². The van der Waals surface area contributed by atoms with E-state index in [4.69, 9.17) is 5.26 Å². The second kappa shape index (κ2) is 6.00. The number of rotatable bonds is 4. The molecular weight excluding hydrogens is 249 g/mol. The number of pyridine rings is 1. The summed E-state index contributed by atoms with van der Waals surface area (Å²) in [7, 11) is 0. The van der Waals surface area contributed by atoms with Crippen LogP contribution >= 0.6 is 0 Å². The first kappa shape index (κ1) is 14.0. The largest absolute Gasteiger partial charge is 0.466 e. The highest BCUT2D eigenvalue weighted by molar-refractivity contribution is 5.72. The monoisotopic (exact) mass is 258 g/mol. The highest BCUT2D eigenvalue weighted by Crippen LogP contribution is 2.21. The van der Waals surface area contributed by atoms with Gasteiger partial charge in [-0.1, -0.05) is 0 Å². The number of alkyl halides is 2. The number of esters is 1. The van der Waals surface area contributed by atoms with Crippen molar-refractivity contribution in [2.24, 2.45) is 0 Å². The first-order chi connectivity index (χ1) is 8.49. The fourth-order valence-electron chi connectivity index (χ4n) is 1.26. The van der Waals surface area contributed by atoms with E-state index in [-0.39, 0.29) is 6.61 Å².